The van der Waals surface area contributed by atoms with Crippen LogP contribution in [0.25, 0.3) is 0 Å². The molecular weight excluding hydrogens is 238 g/mol. The second kappa shape index (κ2) is 6.60. The molecule has 0 spiro atoms. The quantitative estimate of drug-likeness (QED) is 0.712. The van der Waals surface area contributed by atoms with E-state index in [-0.39, 0.29) is 24.0 Å². The molecule has 1 heterocycles. The van der Waals surface area contributed by atoms with Crippen LogP contribution < -0.4 is 0 Å². The Labute approximate surface area is 109 Å². The van der Waals surface area contributed by atoms with E-state index in [4.69, 9.17) is 16.3 Å². The summed E-state index contributed by atoms with van der Waals surface area (Å²) in [6, 6.07) is 0. The summed E-state index contributed by atoms with van der Waals surface area (Å²) in [4.78, 5) is 14.4. The van der Waals surface area contributed by atoms with Crippen molar-refractivity contribution >= 4 is 17.5 Å². The van der Waals surface area contributed by atoms with E-state index in [9.17, 15) is 4.79 Å². The van der Waals surface area contributed by atoms with Gasteiger partial charge in [0.2, 0.25) is 5.91 Å². The minimum absolute atomic E-state index is 0.000255. The lowest BCUT2D eigenvalue weighted by Gasteiger charge is -2.27. The van der Waals surface area contributed by atoms with E-state index in [2.05, 4.69) is 6.92 Å². The van der Waals surface area contributed by atoms with Gasteiger partial charge in [-0.25, -0.2) is 0 Å². The summed E-state index contributed by atoms with van der Waals surface area (Å²) >= 11 is 5.68. The third-order valence-corrected chi connectivity index (χ3v) is 4.05. The van der Waals surface area contributed by atoms with Crippen LogP contribution >= 0.6 is 11.6 Å². The maximum atomic E-state index is 12.5. The fourth-order valence-corrected chi connectivity index (χ4v) is 2.70. The third kappa shape index (κ3) is 3.35. The Morgan fingerprint density at radius 3 is 2.35 bits per heavy atom. The average molecular weight is 262 g/mol. The zero-order valence-corrected chi connectivity index (χ0v) is 12.0. The molecule has 1 fully saturated rings. The minimum atomic E-state index is 0.000255. The summed E-state index contributed by atoms with van der Waals surface area (Å²) in [7, 11) is 0. The second-order valence-corrected chi connectivity index (χ2v) is 5.27. The second-order valence-electron chi connectivity index (χ2n) is 4.89. The molecule has 0 saturated carbocycles. The van der Waals surface area contributed by atoms with Crippen LogP contribution in [-0.2, 0) is 9.53 Å². The van der Waals surface area contributed by atoms with Crippen LogP contribution in [0.2, 0.25) is 0 Å². The summed E-state index contributed by atoms with van der Waals surface area (Å²) in [6.07, 6.45) is 1.05. The molecule has 100 valence electrons. The summed E-state index contributed by atoms with van der Waals surface area (Å²) in [5.74, 6) is 1.12. The first-order valence-corrected chi connectivity index (χ1v) is 7.06. The fraction of sp³-hybridized carbons (Fsp3) is 0.923. The largest absolute Gasteiger partial charge is 0.374 e. The zero-order valence-electron chi connectivity index (χ0n) is 11.3. The van der Waals surface area contributed by atoms with Crippen LogP contribution in [0.15, 0.2) is 0 Å². The maximum absolute atomic E-state index is 12.5. The number of rotatable bonds is 5. The Kier molecular flexibility index (Phi) is 5.74. The number of alkyl halides is 1. The van der Waals surface area contributed by atoms with Gasteiger partial charge in [0.25, 0.3) is 0 Å². The van der Waals surface area contributed by atoms with Gasteiger partial charge in [-0.05, 0) is 33.1 Å². The van der Waals surface area contributed by atoms with Crippen LogP contribution in [0.5, 0.6) is 0 Å². The molecule has 1 rings (SSSR count). The SMILES string of the molecule is CCN(CCCCl)C(=O)C1C(C)OC(C)C1C. The first-order valence-electron chi connectivity index (χ1n) is 6.53. The molecule has 0 aliphatic carbocycles. The highest BCUT2D eigenvalue weighted by atomic mass is 35.5. The van der Waals surface area contributed by atoms with Crippen molar-refractivity contribution in [2.75, 3.05) is 19.0 Å². The molecule has 0 N–H and O–H groups in total. The lowest BCUT2D eigenvalue weighted by atomic mass is 9.88. The van der Waals surface area contributed by atoms with Crippen molar-refractivity contribution < 1.29 is 9.53 Å². The summed E-state index contributed by atoms with van der Waals surface area (Å²) in [6.45, 7) is 9.66. The number of hydrogen-bond donors (Lipinski definition) is 0. The van der Waals surface area contributed by atoms with Crippen LogP contribution in [0.3, 0.4) is 0 Å². The van der Waals surface area contributed by atoms with Gasteiger partial charge >= 0.3 is 0 Å². The molecule has 0 aromatic heterocycles. The van der Waals surface area contributed by atoms with Crippen LogP contribution in [0.1, 0.15) is 34.1 Å². The molecule has 0 bridgehead atoms. The highest BCUT2D eigenvalue weighted by Gasteiger charge is 2.42. The van der Waals surface area contributed by atoms with E-state index in [1.54, 1.807) is 0 Å². The van der Waals surface area contributed by atoms with Gasteiger partial charge in [0.15, 0.2) is 0 Å². The molecule has 0 aromatic rings. The molecule has 17 heavy (non-hydrogen) atoms. The Bertz CT molecular complexity index is 260. The highest BCUT2D eigenvalue weighted by molar-refractivity contribution is 6.17. The predicted molar refractivity (Wildman–Crippen MR) is 70.3 cm³/mol. The molecule has 3 nitrogen and oxygen atoms in total. The van der Waals surface area contributed by atoms with Gasteiger partial charge in [-0.15, -0.1) is 11.6 Å². The van der Waals surface area contributed by atoms with Crippen molar-refractivity contribution in [1.82, 2.24) is 4.90 Å². The summed E-state index contributed by atoms with van der Waals surface area (Å²) in [5.41, 5.74) is 0. The first kappa shape index (κ1) is 14.8. The number of carbonyl (C=O) groups excluding carboxylic acids is 1. The minimum Gasteiger partial charge on any atom is -0.374 e. The molecule has 0 aromatic carbocycles. The van der Waals surface area contributed by atoms with E-state index < -0.39 is 0 Å². The molecule has 1 aliphatic rings. The van der Waals surface area contributed by atoms with Crippen molar-refractivity contribution in [2.45, 2.75) is 46.3 Å². The molecule has 1 aliphatic heterocycles. The van der Waals surface area contributed by atoms with Crippen molar-refractivity contribution in [3.63, 3.8) is 0 Å². The number of ether oxygens (including phenoxy) is 1. The van der Waals surface area contributed by atoms with Gasteiger partial charge in [-0.1, -0.05) is 6.92 Å². The number of hydrogen-bond acceptors (Lipinski definition) is 2. The van der Waals surface area contributed by atoms with Gasteiger partial charge in [0.1, 0.15) is 0 Å². The van der Waals surface area contributed by atoms with Crippen LogP contribution in [0.4, 0.5) is 0 Å². The molecule has 4 heteroatoms. The predicted octanol–water partition coefficient (Wildman–Crippen LogP) is 2.52. The van der Waals surface area contributed by atoms with Crippen molar-refractivity contribution in [3.8, 4) is 0 Å². The number of nitrogens with zero attached hydrogens (tertiary/aromatic N) is 1. The van der Waals surface area contributed by atoms with Crippen LogP contribution in [-0.4, -0.2) is 42.0 Å². The Hall–Kier alpha value is -0.280. The van der Waals surface area contributed by atoms with Crippen molar-refractivity contribution in [2.24, 2.45) is 11.8 Å². The monoisotopic (exact) mass is 261 g/mol. The van der Waals surface area contributed by atoms with E-state index in [1.165, 1.54) is 0 Å². The molecular formula is C13H24ClNO2. The van der Waals surface area contributed by atoms with Crippen molar-refractivity contribution in [3.05, 3.63) is 0 Å². The lowest BCUT2D eigenvalue weighted by molar-refractivity contribution is -0.137. The highest BCUT2D eigenvalue weighted by Crippen LogP contribution is 2.33. The zero-order chi connectivity index (χ0) is 13.0. The fourth-order valence-electron chi connectivity index (χ4n) is 2.58. The maximum Gasteiger partial charge on any atom is 0.228 e. The third-order valence-electron chi connectivity index (χ3n) is 3.78. The Morgan fingerprint density at radius 1 is 1.29 bits per heavy atom. The normalized spacial score (nSPS) is 32.8. The summed E-state index contributed by atoms with van der Waals surface area (Å²) < 4.78 is 5.73. The lowest BCUT2D eigenvalue weighted by Crippen LogP contribution is -2.41. The van der Waals surface area contributed by atoms with Crippen LogP contribution in [0, 0.1) is 11.8 Å². The average Bonchev–Trinajstić information content (AvgIpc) is 2.54. The first-order chi connectivity index (χ1) is 8.02. The van der Waals surface area contributed by atoms with Gasteiger partial charge in [-0.2, -0.15) is 0 Å². The van der Waals surface area contributed by atoms with E-state index in [0.717, 1.165) is 19.5 Å². The topological polar surface area (TPSA) is 29.5 Å². The molecule has 4 unspecified atom stereocenters. The van der Waals surface area contributed by atoms with Gasteiger partial charge in [0, 0.05) is 19.0 Å². The van der Waals surface area contributed by atoms with Crippen molar-refractivity contribution in [1.29, 1.82) is 0 Å². The number of amides is 1. The van der Waals surface area contributed by atoms with E-state index in [0.29, 0.717) is 11.8 Å². The molecule has 4 atom stereocenters. The number of halogens is 1. The van der Waals surface area contributed by atoms with E-state index in [1.807, 2.05) is 25.7 Å². The van der Waals surface area contributed by atoms with Gasteiger partial charge < -0.3 is 9.64 Å². The van der Waals surface area contributed by atoms with Gasteiger partial charge in [0.05, 0.1) is 18.1 Å². The van der Waals surface area contributed by atoms with Gasteiger partial charge in [-0.3, -0.25) is 4.79 Å². The van der Waals surface area contributed by atoms with E-state index >= 15 is 0 Å². The standard InChI is InChI=1S/C13H24ClNO2/c1-5-15(8-6-7-14)13(16)12-9(2)10(3)17-11(12)4/h9-12H,5-8H2,1-4H3. The summed E-state index contributed by atoms with van der Waals surface area (Å²) in [5, 5.41) is 0. The molecule has 1 saturated heterocycles. The molecule has 1 amide bonds. The molecule has 0 radical (unpaired) electrons. The Balaban J connectivity index is 2.66. The Morgan fingerprint density at radius 2 is 1.94 bits per heavy atom. The number of carbonyl (C=O) groups is 1. The smallest absolute Gasteiger partial charge is 0.228 e.